The van der Waals surface area contributed by atoms with Crippen LogP contribution in [0.4, 0.5) is 5.69 Å². The highest BCUT2D eigenvalue weighted by molar-refractivity contribution is 6.13. The zero-order chi connectivity index (χ0) is 20.2. The Labute approximate surface area is 174 Å². The molecule has 0 bridgehead atoms. The van der Waals surface area contributed by atoms with E-state index in [0.717, 1.165) is 44.1 Å². The molecular weight excluding hydrogens is 370 g/mol. The Balaban J connectivity index is 1.72. The number of carbonyl (C=O) groups excluding carboxylic acids is 1. The van der Waals surface area contributed by atoms with E-state index in [4.69, 9.17) is 4.42 Å². The predicted molar refractivity (Wildman–Crippen MR) is 121 cm³/mol. The first kappa shape index (κ1) is 17.0. The maximum atomic E-state index is 13.4. The summed E-state index contributed by atoms with van der Waals surface area (Å²) in [4.78, 5) is 15.1. The number of anilines is 1. The van der Waals surface area contributed by atoms with Gasteiger partial charge in [0.25, 0.3) is 0 Å². The summed E-state index contributed by atoms with van der Waals surface area (Å²) in [5.74, 6) is 0.304. The highest BCUT2D eigenvalue weighted by Crippen LogP contribution is 2.47. The summed E-state index contributed by atoms with van der Waals surface area (Å²) in [6.07, 6.45) is 0. The van der Waals surface area contributed by atoms with E-state index in [1.807, 2.05) is 61.6 Å². The summed E-state index contributed by atoms with van der Waals surface area (Å²) in [5.41, 5.74) is 4.82. The minimum atomic E-state index is -0.451. The molecule has 6 rings (SSSR count). The molecule has 0 N–H and O–H groups in total. The van der Waals surface area contributed by atoms with E-state index in [9.17, 15) is 4.79 Å². The highest BCUT2D eigenvalue weighted by atomic mass is 16.3. The molecule has 144 valence electrons. The molecule has 0 spiro atoms. The fourth-order valence-electron chi connectivity index (χ4n) is 4.69. The molecule has 3 nitrogen and oxygen atoms in total. The number of amides is 1. The van der Waals surface area contributed by atoms with Crippen LogP contribution in [0.2, 0.25) is 0 Å². The number of rotatable bonds is 2. The number of likely N-dealkylation sites (N-methyl/N-ethyl adjacent to an activating group) is 1. The molecule has 0 fully saturated rings. The molecule has 4 aromatic carbocycles. The van der Waals surface area contributed by atoms with Gasteiger partial charge in [0.05, 0.1) is 0 Å². The topological polar surface area (TPSA) is 33.5 Å². The molecule has 0 aliphatic carbocycles. The van der Waals surface area contributed by atoms with E-state index in [-0.39, 0.29) is 5.91 Å². The molecule has 3 heteroatoms. The standard InChI is InChI=1S/C27H19NO2/c1-28-22-14-8-7-13-20(22)24(27(28)29)26-23(18-10-3-2-4-11-18)21-16-15-17-9-5-6-12-19(17)25(21)30-26/h2-16,24H,1H3. The third-order valence-corrected chi connectivity index (χ3v) is 6.12. The van der Waals surface area contributed by atoms with E-state index < -0.39 is 5.92 Å². The second-order valence-electron chi connectivity index (χ2n) is 7.76. The fourth-order valence-corrected chi connectivity index (χ4v) is 4.69. The van der Waals surface area contributed by atoms with Crippen LogP contribution >= 0.6 is 0 Å². The van der Waals surface area contributed by atoms with Crippen LogP contribution in [0, 0.1) is 0 Å². The van der Waals surface area contributed by atoms with Crippen molar-refractivity contribution < 1.29 is 9.21 Å². The first-order chi connectivity index (χ1) is 14.7. The van der Waals surface area contributed by atoms with Crippen molar-refractivity contribution in [1.82, 2.24) is 0 Å². The lowest BCUT2D eigenvalue weighted by Crippen LogP contribution is -2.24. The average molecular weight is 389 g/mol. The Morgan fingerprint density at radius 2 is 1.50 bits per heavy atom. The minimum Gasteiger partial charge on any atom is -0.459 e. The van der Waals surface area contributed by atoms with Crippen molar-refractivity contribution in [2.45, 2.75) is 5.92 Å². The molecule has 1 atom stereocenters. The maximum absolute atomic E-state index is 13.4. The Morgan fingerprint density at radius 3 is 2.37 bits per heavy atom. The van der Waals surface area contributed by atoms with Crippen molar-refractivity contribution >= 4 is 33.3 Å². The molecule has 1 aliphatic rings. The summed E-state index contributed by atoms with van der Waals surface area (Å²) in [7, 11) is 1.83. The lowest BCUT2D eigenvalue weighted by atomic mass is 9.91. The lowest BCUT2D eigenvalue weighted by molar-refractivity contribution is -0.118. The van der Waals surface area contributed by atoms with Crippen molar-refractivity contribution in [3.8, 4) is 11.1 Å². The van der Waals surface area contributed by atoms with Gasteiger partial charge in [0.2, 0.25) is 5.91 Å². The van der Waals surface area contributed by atoms with Gasteiger partial charge in [-0.1, -0.05) is 78.9 Å². The van der Waals surface area contributed by atoms with Gasteiger partial charge < -0.3 is 9.32 Å². The van der Waals surface area contributed by atoms with Gasteiger partial charge in [-0.3, -0.25) is 4.79 Å². The SMILES string of the molecule is CN1C(=O)C(c2oc3c(ccc4ccccc43)c2-c2ccccc2)c2ccccc21. The van der Waals surface area contributed by atoms with Gasteiger partial charge in [0.1, 0.15) is 17.3 Å². The van der Waals surface area contributed by atoms with Crippen molar-refractivity contribution in [3.05, 3.63) is 102 Å². The number of fused-ring (bicyclic) bond motifs is 4. The molecule has 1 aromatic heterocycles. The molecule has 0 radical (unpaired) electrons. The Kier molecular flexibility index (Phi) is 3.59. The summed E-state index contributed by atoms with van der Waals surface area (Å²) in [6.45, 7) is 0. The van der Waals surface area contributed by atoms with Crippen LogP contribution < -0.4 is 4.90 Å². The van der Waals surface area contributed by atoms with Crippen molar-refractivity contribution in [1.29, 1.82) is 0 Å². The molecule has 1 unspecified atom stereocenters. The van der Waals surface area contributed by atoms with Crippen molar-refractivity contribution in [2.24, 2.45) is 0 Å². The van der Waals surface area contributed by atoms with Crippen LogP contribution in [0.5, 0.6) is 0 Å². The zero-order valence-corrected chi connectivity index (χ0v) is 16.5. The molecule has 0 saturated carbocycles. The summed E-state index contributed by atoms with van der Waals surface area (Å²) >= 11 is 0. The number of carbonyl (C=O) groups is 1. The molecule has 1 amide bonds. The van der Waals surface area contributed by atoms with Crippen LogP contribution in [0.25, 0.3) is 32.9 Å². The minimum absolute atomic E-state index is 0.0387. The number of benzene rings is 4. The largest absolute Gasteiger partial charge is 0.459 e. The number of furan rings is 1. The summed E-state index contributed by atoms with van der Waals surface area (Å²) in [5, 5.41) is 3.22. The van der Waals surface area contributed by atoms with Gasteiger partial charge in [-0.15, -0.1) is 0 Å². The van der Waals surface area contributed by atoms with Gasteiger partial charge in [-0.2, -0.15) is 0 Å². The monoisotopic (exact) mass is 389 g/mol. The predicted octanol–water partition coefficient (Wildman–Crippen LogP) is 6.36. The van der Waals surface area contributed by atoms with Gasteiger partial charge >= 0.3 is 0 Å². The molecule has 2 heterocycles. The smallest absolute Gasteiger partial charge is 0.242 e. The van der Waals surface area contributed by atoms with Gasteiger partial charge in [-0.05, 0) is 28.6 Å². The van der Waals surface area contributed by atoms with Gasteiger partial charge in [0, 0.05) is 29.1 Å². The Morgan fingerprint density at radius 1 is 0.767 bits per heavy atom. The van der Waals surface area contributed by atoms with Crippen LogP contribution in [0.15, 0.2) is 95.4 Å². The van der Waals surface area contributed by atoms with Crippen LogP contribution in [-0.4, -0.2) is 13.0 Å². The number of para-hydroxylation sites is 1. The normalized spacial score (nSPS) is 15.8. The molecule has 30 heavy (non-hydrogen) atoms. The van der Waals surface area contributed by atoms with E-state index in [1.54, 1.807) is 4.90 Å². The molecule has 5 aromatic rings. The second kappa shape index (κ2) is 6.33. The van der Waals surface area contributed by atoms with Crippen LogP contribution in [0.1, 0.15) is 17.2 Å². The first-order valence-electron chi connectivity index (χ1n) is 10.1. The molecular formula is C27H19NO2. The first-order valence-corrected chi connectivity index (χ1v) is 10.1. The Bertz CT molecular complexity index is 1430. The number of hydrogen-bond acceptors (Lipinski definition) is 2. The summed E-state index contributed by atoms with van der Waals surface area (Å²) < 4.78 is 6.58. The Hall–Kier alpha value is -3.85. The van der Waals surface area contributed by atoms with Crippen LogP contribution in [-0.2, 0) is 4.79 Å². The highest BCUT2D eigenvalue weighted by Gasteiger charge is 2.40. The second-order valence-corrected chi connectivity index (χ2v) is 7.76. The third kappa shape index (κ3) is 2.29. The van der Waals surface area contributed by atoms with E-state index in [1.165, 1.54) is 0 Å². The number of hydrogen-bond donors (Lipinski definition) is 0. The van der Waals surface area contributed by atoms with E-state index >= 15 is 0 Å². The van der Waals surface area contributed by atoms with E-state index in [2.05, 4.69) is 36.4 Å². The number of nitrogens with zero attached hydrogens (tertiary/aromatic N) is 1. The molecule has 0 saturated heterocycles. The van der Waals surface area contributed by atoms with Gasteiger partial charge in [-0.25, -0.2) is 0 Å². The fraction of sp³-hybridized carbons (Fsp3) is 0.0741. The van der Waals surface area contributed by atoms with Gasteiger partial charge in [0.15, 0.2) is 0 Å². The maximum Gasteiger partial charge on any atom is 0.242 e. The van der Waals surface area contributed by atoms with E-state index in [0.29, 0.717) is 5.76 Å². The quantitative estimate of drug-likeness (QED) is 0.352. The third-order valence-electron chi connectivity index (χ3n) is 6.12. The zero-order valence-electron chi connectivity index (χ0n) is 16.5. The van der Waals surface area contributed by atoms with Crippen LogP contribution in [0.3, 0.4) is 0 Å². The lowest BCUT2D eigenvalue weighted by Gasteiger charge is -2.11. The van der Waals surface area contributed by atoms with Crippen molar-refractivity contribution in [2.75, 3.05) is 11.9 Å². The average Bonchev–Trinajstić information content (AvgIpc) is 3.30. The molecule has 1 aliphatic heterocycles. The summed E-state index contributed by atoms with van der Waals surface area (Å²) in [6, 6.07) is 30.6. The van der Waals surface area contributed by atoms with Crippen molar-refractivity contribution in [3.63, 3.8) is 0 Å².